The van der Waals surface area contributed by atoms with Gasteiger partial charge in [-0.1, -0.05) is 27.7 Å². The second-order valence-corrected chi connectivity index (χ2v) is 3.72. The van der Waals surface area contributed by atoms with Gasteiger partial charge in [-0.2, -0.15) is 38.3 Å². The van der Waals surface area contributed by atoms with Gasteiger partial charge in [0.2, 0.25) is 0 Å². The molecule has 2 rings (SSSR count). The van der Waals surface area contributed by atoms with E-state index in [0.717, 1.165) is 39.0 Å². The standard InChI is InChI=1S/2C5H5.2C4H10N.Hf/c2*1-2-4-5-3-1;2*1-3-5-4-2;/h2*1-3H,4H2;2*3-4H2,1-2H3;/q4*-1;+4. The van der Waals surface area contributed by atoms with Gasteiger partial charge in [0, 0.05) is 0 Å². The minimum atomic E-state index is 0. The molecule has 0 aromatic heterocycles. The summed E-state index contributed by atoms with van der Waals surface area (Å²) in [6.07, 6.45) is 20.0. The molecule has 3 heteroatoms. The Morgan fingerprint density at radius 2 is 1.05 bits per heavy atom. The van der Waals surface area contributed by atoms with Gasteiger partial charge in [-0.15, -0.1) is 12.8 Å². The summed E-state index contributed by atoms with van der Waals surface area (Å²) < 4.78 is 0. The van der Waals surface area contributed by atoms with Gasteiger partial charge < -0.3 is 10.6 Å². The van der Waals surface area contributed by atoms with Crippen molar-refractivity contribution < 1.29 is 25.8 Å². The van der Waals surface area contributed by atoms with Gasteiger partial charge in [-0.3, -0.25) is 12.2 Å². The predicted octanol–water partition coefficient (Wildman–Crippen LogP) is 5.41. The van der Waals surface area contributed by atoms with Gasteiger partial charge in [0.25, 0.3) is 0 Å². The first-order valence-electron chi connectivity index (χ1n) is 7.53. The Hall–Kier alpha value is -0.250. The van der Waals surface area contributed by atoms with Crippen LogP contribution in [-0.4, -0.2) is 26.2 Å². The van der Waals surface area contributed by atoms with Crippen molar-refractivity contribution in [2.24, 2.45) is 0 Å². The van der Waals surface area contributed by atoms with Crippen molar-refractivity contribution in [2.75, 3.05) is 26.2 Å². The van der Waals surface area contributed by atoms with Gasteiger partial charge in [-0.25, -0.2) is 24.3 Å². The van der Waals surface area contributed by atoms with Gasteiger partial charge in [0.05, 0.1) is 0 Å². The zero-order valence-corrected chi connectivity index (χ0v) is 17.7. The van der Waals surface area contributed by atoms with Crippen LogP contribution < -0.4 is 0 Å². The third kappa shape index (κ3) is 32.9. The van der Waals surface area contributed by atoms with Gasteiger partial charge in [0.15, 0.2) is 0 Å². The predicted molar refractivity (Wildman–Crippen MR) is 92.0 cm³/mol. The van der Waals surface area contributed by atoms with Crippen LogP contribution in [-0.2, 0) is 25.8 Å². The molecule has 2 aliphatic rings. The monoisotopic (exact) mass is 454 g/mol. The third-order valence-electron chi connectivity index (χ3n) is 2.07. The minimum absolute atomic E-state index is 0. The molecule has 0 spiro atoms. The molecule has 0 aromatic rings. The summed E-state index contributed by atoms with van der Waals surface area (Å²) in [6.45, 7) is 12.1. The van der Waals surface area contributed by atoms with Crippen LogP contribution in [0, 0.1) is 12.2 Å². The maximum absolute atomic E-state index is 3.97. The molecule has 0 unspecified atom stereocenters. The third-order valence-corrected chi connectivity index (χ3v) is 2.07. The van der Waals surface area contributed by atoms with Crippen LogP contribution in [0.1, 0.15) is 40.5 Å². The van der Waals surface area contributed by atoms with E-state index in [0.29, 0.717) is 0 Å². The molecule has 0 saturated heterocycles. The molecule has 0 atom stereocenters. The average molecular weight is 453 g/mol. The van der Waals surface area contributed by atoms with E-state index < -0.39 is 0 Å². The first kappa shape index (κ1) is 25.7. The smallest absolute Gasteiger partial charge is 0.663 e. The van der Waals surface area contributed by atoms with Crippen molar-refractivity contribution in [1.82, 2.24) is 0 Å². The topological polar surface area (TPSA) is 28.2 Å². The summed E-state index contributed by atoms with van der Waals surface area (Å²) in [7, 11) is 0. The Morgan fingerprint density at radius 3 is 1.10 bits per heavy atom. The van der Waals surface area contributed by atoms with Gasteiger partial charge >= 0.3 is 25.8 Å². The van der Waals surface area contributed by atoms with Crippen LogP contribution in [0.5, 0.6) is 0 Å². The van der Waals surface area contributed by atoms with Crippen LogP contribution in [0.3, 0.4) is 0 Å². The van der Waals surface area contributed by atoms with Gasteiger partial charge in [-0.05, 0) is 0 Å². The van der Waals surface area contributed by atoms with Crippen molar-refractivity contribution in [2.45, 2.75) is 40.5 Å². The van der Waals surface area contributed by atoms with Crippen LogP contribution in [0.25, 0.3) is 10.6 Å². The normalized spacial score (nSPS) is 12.4. The fourth-order valence-electron chi connectivity index (χ4n) is 1.13. The summed E-state index contributed by atoms with van der Waals surface area (Å²) in [5.74, 6) is 0. The summed E-state index contributed by atoms with van der Waals surface area (Å²) in [5.41, 5.74) is 0. The van der Waals surface area contributed by atoms with Crippen molar-refractivity contribution >= 4 is 0 Å². The Morgan fingerprint density at radius 1 is 0.714 bits per heavy atom. The van der Waals surface area contributed by atoms with E-state index in [9.17, 15) is 0 Å². The first-order chi connectivity index (χ1) is 9.83. The van der Waals surface area contributed by atoms with E-state index >= 15 is 0 Å². The Bertz CT molecular complexity index is 216. The Kier molecular flexibility index (Phi) is 34.2. The van der Waals surface area contributed by atoms with E-state index in [1.807, 2.05) is 52.0 Å². The summed E-state index contributed by atoms with van der Waals surface area (Å²) in [5, 5.41) is 7.94. The molecule has 0 radical (unpaired) electrons. The zero-order valence-electron chi connectivity index (χ0n) is 14.1. The second kappa shape index (κ2) is 28.0. The molecule has 0 heterocycles. The molecule has 0 bridgehead atoms. The molecule has 2 nitrogen and oxygen atoms in total. The van der Waals surface area contributed by atoms with Crippen molar-refractivity contribution in [3.8, 4) is 0 Å². The molecule has 21 heavy (non-hydrogen) atoms. The second-order valence-electron chi connectivity index (χ2n) is 3.72. The summed E-state index contributed by atoms with van der Waals surface area (Å²) in [4.78, 5) is 0. The largest absolute Gasteiger partial charge is 4.00 e. The molecular formula is C18H30HfN2. The summed E-state index contributed by atoms with van der Waals surface area (Å²) in [6, 6.07) is 0. The van der Waals surface area contributed by atoms with E-state index in [-0.39, 0.29) is 25.8 Å². The maximum atomic E-state index is 3.97. The number of allylic oxidation sites excluding steroid dienone is 8. The Labute approximate surface area is 151 Å². The number of rotatable bonds is 4. The molecular weight excluding hydrogens is 423 g/mol. The Balaban J connectivity index is -0.000000202. The van der Waals surface area contributed by atoms with Crippen LogP contribution >= 0.6 is 0 Å². The fourth-order valence-corrected chi connectivity index (χ4v) is 1.13. The van der Waals surface area contributed by atoms with Crippen molar-refractivity contribution in [3.63, 3.8) is 0 Å². The van der Waals surface area contributed by atoms with E-state index in [1.54, 1.807) is 0 Å². The summed E-state index contributed by atoms with van der Waals surface area (Å²) >= 11 is 0. The van der Waals surface area contributed by atoms with Crippen LogP contribution in [0.15, 0.2) is 36.5 Å². The van der Waals surface area contributed by atoms with Gasteiger partial charge in [0.1, 0.15) is 0 Å². The maximum Gasteiger partial charge on any atom is 4.00 e. The van der Waals surface area contributed by atoms with Crippen molar-refractivity contribution in [3.05, 3.63) is 59.2 Å². The molecule has 0 aliphatic heterocycles. The SMILES string of the molecule is CC[N-]CC.CC[N-]CC.[C-]1=CC=CC1.[C-]1=CC=CC1.[Hf+4]. The molecule has 0 N–H and O–H groups in total. The molecule has 0 fully saturated rings. The van der Waals surface area contributed by atoms with Crippen molar-refractivity contribution in [1.29, 1.82) is 0 Å². The molecule has 0 saturated carbocycles. The van der Waals surface area contributed by atoms with Crippen LogP contribution in [0.4, 0.5) is 0 Å². The number of nitrogens with zero attached hydrogens (tertiary/aromatic N) is 2. The minimum Gasteiger partial charge on any atom is -0.663 e. The first-order valence-corrected chi connectivity index (χ1v) is 7.53. The molecule has 2 aliphatic carbocycles. The van der Waals surface area contributed by atoms with Crippen LogP contribution in [0.2, 0.25) is 0 Å². The zero-order chi connectivity index (χ0) is 15.3. The van der Waals surface area contributed by atoms with E-state index in [2.05, 4.69) is 34.9 Å². The average Bonchev–Trinajstić information content (AvgIpc) is 3.20. The van der Waals surface area contributed by atoms with E-state index in [4.69, 9.17) is 0 Å². The van der Waals surface area contributed by atoms with E-state index in [1.165, 1.54) is 0 Å². The number of hydrogen-bond acceptors (Lipinski definition) is 0. The number of hydrogen-bond donors (Lipinski definition) is 0. The molecule has 0 aromatic carbocycles. The molecule has 116 valence electrons. The quantitative estimate of drug-likeness (QED) is 0.403. The molecule has 0 amide bonds. The fraction of sp³-hybridized carbons (Fsp3) is 0.556.